The first-order valence-electron chi connectivity index (χ1n) is 7.40. The quantitative estimate of drug-likeness (QED) is 0.853. The largest absolute Gasteiger partial charge is 0.376 e. The normalized spacial score (nSPS) is 32.2. The summed E-state index contributed by atoms with van der Waals surface area (Å²) in [6, 6.07) is -0.115. The Morgan fingerprint density at radius 3 is 2.95 bits per heavy atom. The van der Waals surface area contributed by atoms with Crippen molar-refractivity contribution < 1.29 is 9.53 Å². The Hall–Kier alpha value is -1.05. The lowest BCUT2D eigenvalue weighted by atomic mass is 9.68. The lowest BCUT2D eigenvalue weighted by Gasteiger charge is -2.52. The number of carbonyl (C=O) groups excluding carboxylic acids is 1. The zero-order chi connectivity index (χ0) is 15.2. The Morgan fingerprint density at radius 2 is 2.24 bits per heavy atom. The van der Waals surface area contributed by atoms with Crippen molar-refractivity contribution in [2.75, 3.05) is 6.61 Å². The van der Waals surface area contributed by atoms with Gasteiger partial charge in [-0.3, -0.25) is 4.79 Å². The van der Waals surface area contributed by atoms with Crippen molar-refractivity contribution in [2.45, 2.75) is 57.2 Å². The van der Waals surface area contributed by atoms with Crippen LogP contribution in [0.4, 0.5) is 0 Å². The van der Waals surface area contributed by atoms with E-state index in [0.29, 0.717) is 10.8 Å². The predicted molar refractivity (Wildman–Crippen MR) is 80.3 cm³/mol. The number of fused-ring (bicyclic) bond motifs is 1. The Morgan fingerprint density at radius 1 is 1.48 bits per heavy atom. The van der Waals surface area contributed by atoms with Crippen molar-refractivity contribution in [3.63, 3.8) is 0 Å². The summed E-state index contributed by atoms with van der Waals surface area (Å²) < 4.78 is 9.68. The molecule has 0 bridgehead atoms. The molecule has 1 amide bonds. The lowest BCUT2D eigenvalue weighted by Crippen LogP contribution is -2.72. The van der Waals surface area contributed by atoms with Gasteiger partial charge in [0.25, 0.3) is 5.91 Å². The van der Waals surface area contributed by atoms with Crippen LogP contribution in [-0.4, -0.2) is 40.3 Å². The number of nitrogens with two attached hydrogens (primary N) is 1. The number of rotatable bonds is 2. The van der Waals surface area contributed by atoms with Crippen LogP contribution in [0.1, 0.15) is 49.0 Å². The number of hydrogen-bond donors (Lipinski definition) is 2. The molecule has 0 aromatic carbocycles. The fourth-order valence-corrected chi connectivity index (χ4v) is 3.95. The van der Waals surface area contributed by atoms with E-state index in [1.165, 1.54) is 0 Å². The summed E-state index contributed by atoms with van der Waals surface area (Å²) in [6.07, 6.45) is 2.22. The van der Waals surface area contributed by atoms with Gasteiger partial charge in [-0.15, -0.1) is 5.10 Å². The first kappa shape index (κ1) is 14.9. The second-order valence-electron chi connectivity index (χ2n) is 6.92. The minimum atomic E-state index is -0.203. The molecule has 116 valence electrons. The average Bonchev–Trinajstić information content (AvgIpc) is 2.93. The third-order valence-corrected chi connectivity index (χ3v) is 5.10. The minimum absolute atomic E-state index is 0.0155. The summed E-state index contributed by atoms with van der Waals surface area (Å²) in [5.41, 5.74) is 6.71. The molecule has 2 heterocycles. The van der Waals surface area contributed by atoms with Crippen molar-refractivity contribution in [1.82, 2.24) is 14.9 Å². The van der Waals surface area contributed by atoms with Crippen LogP contribution < -0.4 is 11.1 Å². The van der Waals surface area contributed by atoms with Gasteiger partial charge in [0.1, 0.15) is 4.88 Å². The molecule has 1 saturated heterocycles. The smallest absolute Gasteiger partial charge is 0.265 e. The van der Waals surface area contributed by atoms with Gasteiger partial charge in [0, 0.05) is 24.0 Å². The summed E-state index contributed by atoms with van der Waals surface area (Å²) in [5.74, 6) is 0.244. The van der Waals surface area contributed by atoms with Crippen LogP contribution in [0, 0.1) is 5.92 Å². The van der Waals surface area contributed by atoms with Gasteiger partial charge in [-0.25, -0.2) is 0 Å². The Balaban J connectivity index is 1.71. The van der Waals surface area contributed by atoms with Gasteiger partial charge in [-0.2, -0.15) is 0 Å². The first-order valence-corrected chi connectivity index (χ1v) is 8.18. The highest BCUT2D eigenvalue weighted by Crippen LogP contribution is 2.37. The van der Waals surface area contributed by atoms with E-state index < -0.39 is 0 Å². The van der Waals surface area contributed by atoms with Gasteiger partial charge in [0.15, 0.2) is 0 Å². The highest BCUT2D eigenvalue weighted by atomic mass is 32.1. The summed E-state index contributed by atoms with van der Waals surface area (Å²) in [5, 5.41) is 7.13. The van der Waals surface area contributed by atoms with Crippen LogP contribution in [0.2, 0.25) is 0 Å². The Labute approximate surface area is 128 Å². The topological polar surface area (TPSA) is 90.1 Å². The summed E-state index contributed by atoms with van der Waals surface area (Å²) in [4.78, 5) is 13.1. The van der Waals surface area contributed by atoms with E-state index in [0.717, 1.165) is 36.7 Å². The molecule has 2 aliphatic rings. The van der Waals surface area contributed by atoms with E-state index in [1.807, 2.05) is 20.8 Å². The lowest BCUT2D eigenvalue weighted by molar-refractivity contribution is -0.117. The van der Waals surface area contributed by atoms with Gasteiger partial charge in [0.05, 0.1) is 17.8 Å². The standard InChI is InChI=1S/C14H22N4O2S/c1-14(2,3)12-11(21-18-17-12)13(19)16-9-8(15)7-5-4-6-20-10(7)9/h7-10H,4-6,15H2,1-3H3,(H,16,19). The third kappa shape index (κ3) is 2.58. The Kier molecular flexibility index (Phi) is 3.75. The molecule has 1 aromatic rings. The van der Waals surface area contributed by atoms with E-state index >= 15 is 0 Å². The van der Waals surface area contributed by atoms with Crippen LogP contribution in [0.5, 0.6) is 0 Å². The maximum absolute atomic E-state index is 12.5. The number of carbonyl (C=O) groups is 1. The van der Waals surface area contributed by atoms with Crippen molar-refractivity contribution in [3.05, 3.63) is 10.6 Å². The monoisotopic (exact) mass is 310 g/mol. The van der Waals surface area contributed by atoms with E-state index in [4.69, 9.17) is 10.5 Å². The molecule has 4 atom stereocenters. The average molecular weight is 310 g/mol. The molecule has 2 fully saturated rings. The van der Waals surface area contributed by atoms with Crippen molar-refractivity contribution >= 4 is 17.4 Å². The Bertz CT molecular complexity index is 539. The van der Waals surface area contributed by atoms with Gasteiger partial charge in [0.2, 0.25) is 0 Å². The highest BCUT2D eigenvalue weighted by molar-refractivity contribution is 7.08. The number of nitrogens with one attached hydrogen (secondary N) is 1. The van der Waals surface area contributed by atoms with Gasteiger partial charge < -0.3 is 15.8 Å². The predicted octanol–water partition coefficient (Wildman–Crippen LogP) is 1.07. The van der Waals surface area contributed by atoms with E-state index in [2.05, 4.69) is 14.9 Å². The maximum Gasteiger partial charge on any atom is 0.265 e. The minimum Gasteiger partial charge on any atom is -0.376 e. The molecule has 0 spiro atoms. The van der Waals surface area contributed by atoms with Gasteiger partial charge in [-0.05, 0) is 24.4 Å². The molecule has 1 aliphatic heterocycles. The fraction of sp³-hybridized carbons (Fsp3) is 0.786. The molecule has 3 rings (SSSR count). The highest BCUT2D eigenvalue weighted by Gasteiger charge is 2.51. The van der Waals surface area contributed by atoms with E-state index in [9.17, 15) is 4.79 Å². The van der Waals surface area contributed by atoms with Gasteiger partial charge in [-0.1, -0.05) is 25.3 Å². The van der Waals surface area contributed by atoms with Crippen LogP contribution in [0.15, 0.2) is 0 Å². The van der Waals surface area contributed by atoms with Crippen LogP contribution in [0.25, 0.3) is 0 Å². The third-order valence-electron chi connectivity index (χ3n) is 4.38. The summed E-state index contributed by atoms with van der Waals surface area (Å²) >= 11 is 1.14. The van der Waals surface area contributed by atoms with Crippen LogP contribution in [-0.2, 0) is 10.2 Å². The SMILES string of the molecule is CC(C)(C)c1nnsc1C(=O)NC1C(N)C2CCCOC21. The second kappa shape index (κ2) is 5.30. The van der Waals surface area contributed by atoms with Crippen LogP contribution in [0.3, 0.4) is 0 Å². The van der Waals surface area contributed by atoms with E-state index in [-0.39, 0.29) is 29.5 Å². The molecule has 1 aromatic heterocycles. The van der Waals surface area contributed by atoms with Crippen molar-refractivity contribution in [2.24, 2.45) is 11.7 Å². The molecule has 4 unspecified atom stereocenters. The van der Waals surface area contributed by atoms with Crippen molar-refractivity contribution in [1.29, 1.82) is 0 Å². The molecule has 0 radical (unpaired) electrons. The first-order chi connectivity index (χ1) is 9.89. The summed E-state index contributed by atoms with van der Waals surface area (Å²) in [6.45, 7) is 6.83. The number of aromatic nitrogens is 2. The number of ether oxygens (including phenoxy) is 1. The van der Waals surface area contributed by atoms with Crippen molar-refractivity contribution in [3.8, 4) is 0 Å². The molecule has 1 aliphatic carbocycles. The molecule has 6 nitrogen and oxygen atoms in total. The van der Waals surface area contributed by atoms with Crippen LogP contribution >= 0.6 is 11.5 Å². The maximum atomic E-state index is 12.5. The number of amides is 1. The molecular formula is C14H22N4O2S. The van der Waals surface area contributed by atoms with Gasteiger partial charge >= 0.3 is 0 Å². The zero-order valence-corrected chi connectivity index (χ0v) is 13.4. The molecule has 3 N–H and O–H groups in total. The summed E-state index contributed by atoms with van der Waals surface area (Å²) in [7, 11) is 0. The van der Waals surface area contributed by atoms with E-state index in [1.54, 1.807) is 0 Å². The molecular weight excluding hydrogens is 288 g/mol. The molecule has 1 saturated carbocycles. The second-order valence-corrected chi connectivity index (χ2v) is 7.67. The molecule has 7 heteroatoms. The number of nitrogens with zero attached hydrogens (tertiary/aromatic N) is 2. The number of hydrogen-bond acceptors (Lipinski definition) is 6. The fourth-order valence-electron chi connectivity index (χ4n) is 3.17. The zero-order valence-electron chi connectivity index (χ0n) is 12.6. The molecule has 21 heavy (non-hydrogen) atoms.